The van der Waals surface area contributed by atoms with E-state index in [0.29, 0.717) is 5.56 Å². The van der Waals surface area contributed by atoms with Crippen LogP contribution in [0.25, 0.3) is 0 Å². The van der Waals surface area contributed by atoms with Crippen LogP contribution in [0.15, 0.2) is 24.3 Å². The first kappa shape index (κ1) is 17.6. The van der Waals surface area contributed by atoms with Crippen molar-refractivity contribution >= 4 is 23.6 Å². The van der Waals surface area contributed by atoms with Gasteiger partial charge in [-0.25, -0.2) is 0 Å². The van der Waals surface area contributed by atoms with Crippen molar-refractivity contribution < 1.29 is 19.8 Å². The molecule has 3 atom stereocenters. The van der Waals surface area contributed by atoms with Crippen LogP contribution in [-0.2, 0) is 9.59 Å². The topological polar surface area (TPSA) is 125 Å². The van der Waals surface area contributed by atoms with Gasteiger partial charge in [-0.1, -0.05) is 12.1 Å². The summed E-state index contributed by atoms with van der Waals surface area (Å²) in [5.41, 5.74) is 6.48. The third kappa shape index (κ3) is 4.15. The van der Waals surface area contributed by atoms with E-state index >= 15 is 0 Å². The fraction of sp³-hybridized carbons (Fsp3) is 0.467. The number of carbonyl (C=O) groups is 2. The van der Waals surface area contributed by atoms with Crippen LogP contribution in [0, 0.1) is 0 Å². The first-order valence-electron chi connectivity index (χ1n) is 7.19. The van der Waals surface area contributed by atoms with E-state index in [1.165, 1.54) is 23.9 Å². The third-order valence-electron chi connectivity index (χ3n) is 3.74. The molecule has 1 heterocycles. The SMILES string of the molecule is CC1(C)S[C@H](CNC(=O)C(N)c2ccc(O)cc2)N[C@H]1C(=O)O. The van der Waals surface area contributed by atoms with Gasteiger partial charge >= 0.3 is 5.97 Å². The zero-order valence-corrected chi connectivity index (χ0v) is 13.8. The van der Waals surface area contributed by atoms with Crippen LogP contribution in [-0.4, -0.2) is 44.8 Å². The van der Waals surface area contributed by atoms with Crippen molar-refractivity contribution in [3.8, 4) is 5.75 Å². The fourth-order valence-electron chi connectivity index (χ4n) is 2.46. The molecule has 126 valence electrons. The molecule has 1 fully saturated rings. The number of carboxylic acids is 1. The molecule has 6 N–H and O–H groups in total. The number of aromatic hydroxyl groups is 1. The summed E-state index contributed by atoms with van der Waals surface area (Å²) >= 11 is 1.48. The molecule has 8 heteroatoms. The van der Waals surface area contributed by atoms with Gasteiger partial charge in [0.15, 0.2) is 0 Å². The van der Waals surface area contributed by atoms with Gasteiger partial charge in [-0.05, 0) is 31.5 Å². The van der Waals surface area contributed by atoms with Gasteiger partial charge in [0, 0.05) is 11.3 Å². The van der Waals surface area contributed by atoms with E-state index in [9.17, 15) is 19.8 Å². The molecule has 1 amide bonds. The Balaban J connectivity index is 1.90. The number of amides is 1. The van der Waals surface area contributed by atoms with Crippen LogP contribution in [0.5, 0.6) is 5.75 Å². The average Bonchev–Trinajstić information content (AvgIpc) is 2.80. The maximum Gasteiger partial charge on any atom is 0.322 e. The highest BCUT2D eigenvalue weighted by molar-refractivity contribution is 8.01. The maximum atomic E-state index is 12.1. The van der Waals surface area contributed by atoms with Crippen molar-refractivity contribution in [1.82, 2.24) is 10.6 Å². The lowest BCUT2D eigenvalue weighted by atomic mass is 10.0. The van der Waals surface area contributed by atoms with Gasteiger partial charge in [-0.15, -0.1) is 11.8 Å². The fourth-order valence-corrected chi connectivity index (χ4v) is 3.87. The Hall–Kier alpha value is -1.77. The summed E-state index contributed by atoms with van der Waals surface area (Å²) in [6, 6.07) is 4.61. The third-order valence-corrected chi connectivity index (χ3v) is 5.17. The van der Waals surface area contributed by atoms with Gasteiger partial charge in [0.25, 0.3) is 0 Å². The van der Waals surface area contributed by atoms with Crippen LogP contribution < -0.4 is 16.4 Å². The van der Waals surface area contributed by atoms with E-state index in [1.807, 2.05) is 13.8 Å². The van der Waals surface area contributed by atoms with Crippen molar-refractivity contribution in [2.45, 2.75) is 36.1 Å². The first-order chi connectivity index (χ1) is 10.7. The van der Waals surface area contributed by atoms with E-state index in [-0.39, 0.29) is 23.6 Å². The van der Waals surface area contributed by atoms with E-state index in [4.69, 9.17) is 5.73 Å². The largest absolute Gasteiger partial charge is 0.508 e. The molecule has 1 aromatic rings. The normalized spacial score (nSPS) is 24.1. The molecule has 2 rings (SSSR count). The zero-order valence-electron chi connectivity index (χ0n) is 12.9. The van der Waals surface area contributed by atoms with Crippen molar-refractivity contribution in [3.63, 3.8) is 0 Å². The Kier molecular flexibility index (Phi) is 5.18. The maximum absolute atomic E-state index is 12.1. The Morgan fingerprint density at radius 3 is 2.52 bits per heavy atom. The number of thioether (sulfide) groups is 1. The van der Waals surface area contributed by atoms with Crippen molar-refractivity contribution in [2.75, 3.05) is 6.54 Å². The molecule has 0 spiro atoms. The van der Waals surface area contributed by atoms with E-state index in [1.54, 1.807) is 12.1 Å². The van der Waals surface area contributed by atoms with Crippen molar-refractivity contribution in [1.29, 1.82) is 0 Å². The summed E-state index contributed by atoms with van der Waals surface area (Å²) in [4.78, 5) is 23.3. The van der Waals surface area contributed by atoms with Crippen molar-refractivity contribution in [2.24, 2.45) is 5.73 Å². The number of carboxylic acid groups (broad SMARTS) is 1. The standard InChI is InChI=1S/C15H21N3O4S/c1-15(2)12(14(21)22)18-10(23-15)7-17-13(20)11(16)8-3-5-9(19)6-4-8/h3-6,10-12,18-19H,7,16H2,1-2H3,(H,17,20)(H,21,22)/t10-,11?,12+/m1/s1. The average molecular weight is 339 g/mol. The second-order valence-electron chi connectivity index (χ2n) is 5.96. The zero-order chi connectivity index (χ0) is 17.2. The summed E-state index contributed by atoms with van der Waals surface area (Å²) < 4.78 is -0.458. The smallest absolute Gasteiger partial charge is 0.322 e. The summed E-state index contributed by atoms with van der Waals surface area (Å²) in [6.45, 7) is 3.99. The number of benzene rings is 1. The van der Waals surface area contributed by atoms with Gasteiger partial charge in [-0.2, -0.15) is 0 Å². The number of phenolic OH excluding ortho intramolecular Hbond substituents is 1. The van der Waals surface area contributed by atoms with E-state index in [2.05, 4.69) is 10.6 Å². The first-order valence-corrected chi connectivity index (χ1v) is 8.07. The Bertz CT molecular complexity index is 591. The van der Waals surface area contributed by atoms with E-state index in [0.717, 1.165) is 0 Å². The summed E-state index contributed by atoms with van der Waals surface area (Å²) in [6.07, 6.45) is 0. The highest BCUT2D eigenvalue weighted by Crippen LogP contribution is 2.37. The molecule has 0 aliphatic carbocycles. The molecule has 1 aromatic carbocycles. The number of hydrogen-bond donors (Lipinski definition) is 5. The quantitative estimate of drug-likeness (QED) is 0.526. The van der Waals surface area contributed by atoms with Crippen LogP contribution in [0.4, 0.5) is 0 Å². The van der Waals surface area contributed by atoms with Gasteiger partial charge in [0.05, 0.1) is 5.37 Å². The lowest BCUT2D eigenvalue weighted by molar-refractivity contribution is -0.139. The van der Waals surface area contributed by atoms with Crippen LogP contribution in [0.3, 0.4) is 0 Å². The molecule has 1 unspecified atom stereocenters. The number of nitrogens with two attached hydrogens (primary N) is 1. The summed E-state index contributed by atoms with van der Waals surface area (Å²) in [5, 5.41) is 24.0. The lowest BCUT2D eigenvalue weighted by Gasteiger charge is -2.20. The van der Waals surface area contributed by atoms with Crippen molar-refractivity contribution in [3.05, 3.63) is 29.8 Å². The molecule has 1 aliphatic heterocycles. The highest BCUT2D eigenvalue weighted by Gasteiger charge is 2.45. The molecule has 0 aromatic heterocycles. The summed E-state index contributed by atoms with van der Waals surface area (Å²) in [7, 11) is 0. The molecule has 1 aliphatic rings. The molecular formula is C15H21N3O4S. The molecule has 0 radical (unpaired) electrons. The van der Waals surface area contributed by atoms with Gasteiger partial charge in [0.2, 0.25) is 5.91 Å². The molecule has 0 bridgehead atoms. The number of phenols is 1. The number of aliphatic carboxylic acids is 1. The minimum Gasteiger partial charge on any atom is -0.508 e. The monoisotopic (exact) mass is 339 g/mol. The van der Waals surface area contributed by atoms with E-state index < -0.39 is 22.8 Å². The predicted octanol–water partition coefficient (Wildman–Crippen LogP) is 0.403. The number of rotatable bonds is 5. The minimum absolute atomic E-state index is 0.106. The van der Waals surface area contributed by atoms with Gasteiger partial charge < -0.3 is 21.3 Å². The Morgan fingerprint density at radius 1 is 1.39 bits per heavy atom. The summed E-state index contributed by atoms with van der Waals surface area (Å²) in [5.74, 6) is -1.15. The lowest BCUT2D eigenvalue weighted by Crippen LogP contribution is -2.47. The highest BCUT2D eigenvalue weighted by atomic mass is 32.2. The van der Waals surface area contributed by atoms with Crippen LogP contribution >= 0.6 is 11.8 Å². The predicted molar refractivity (Wildman–Crippen MR) is 88.1 cm³/mol. The second-order valence-corrected chi connectivity index (χ2v) is 7.82. The number of carbonyl (C=O) groups excluding carboxylic acids is 1. The van der Waals surface area contributed by atoms with Crippen LogP contribution in [0.2, 0.25) is 0 Å². The molecule has 0 saturated carbocycles. The molecule has 23 heavy (non-hydrogen) atoms. The second kappa shape index (κ2) is 6.77. The van der Waals surface area contributed by atoms with Gasteiger partial charge in [-0.3, -0.25) is 14.9 Å². The van der Waals surface area contributed by atoms with Crippen LogP contribution in [0.1, 0.15) is 25.5 Å². The minimum atomic E-state index is -0.905. The molecular weight excluding hydrogens is 318 g/mol. The Morgan fingerprint density at radius 2 is 2.00 bits per heavy atom. The van der Waals surface area contributed by atoms with Gasteiger partial charge in [0.1, 0.15) is 17.8 Å². The Labute approximate surface area is 138 Å². The number of hydrogen-bond acceptors (Lipinski definition) is 6. The molecule has 1 saturated heterocycles. The molecule has 7 nitrogen and oxygen atoms in total. The number of nitrogens with one attached hydrogen (secondary N) is 2.